The van der Waals surface area contributed by atoms with Crippen LogP contribution >= 0.6 is 0 Å². The number of fused-ring (bicyclic) bond motifs is 12. The summed E-state index contributed by atoms with van der Waals surface area (Å²) in [6, 6.07) is 132. The van der Waals surface area contributed by atoms with Crippen LogP contribution in [-0.4, -0.2) is 28.2 Å². The summed E-state index contributed by atoms with van der Waals surface area (Å²) in [5, 5.41) is 31.7. The Kier molecular flexibility index (Phi) is 18.2. The topological polar surface area (TPSA) is 93.1 Å². The maximum absolute atomic E-state index is 11.6. The van der Waals surface area contributed by atoms with Crippen LogP contribution in [0.5, 0.6) is 0 Å². The highest BCUT2D eigenvalue weighted by Crippen LogP contribution is 2.47. The Hall–Kier alpha value is -16.0. The second kappa shape index (κ2) is 30.2. The van der Waals surface area contributed by atoms with Crippen LogP contribution in [0.3, 0.4) is 0 Å². The molecule has 22 aromatic rings. The van der Waals surface area contributed by atoms with E-state index in [1.807, 2.05) is 24.8 Å². The van der Waals surface area contributed by atoms with Gasteiger partial charge in [-0.15, -0.1) is 0 Å². The molecule has 16 aromatic carbocycles. The summed E-state index contributed by atoms with van der Waals surface area (Å²) in [7, 11) is 0. The van der Waals surface area contributed by atoms with Gasteiger partial charge < -0.3 is 18.3 Å². The molecule has 0 N–H and O–H groups in total. The summed E-state index contributed by atoms with van der Waals surface area (Å²) in [5.74, 6) is 0. The fraction of sp³-hybridized carbons (Fsp3) is 0.0526. The molecule has 0 spiro atoms. The molecule has 6 heterocycles. The van der Waals surface area contributed by atoms with Crippen molar-refractivity contribution in [3.63, 3.8) is 0 Å². The van der Waals surface area contributed by atoms with Crippen LogP contribution in [0.2, 0.25) is 0 Å². The Morgan fingerprint density at radius 2 is 0.434 bits per heavy atom. The fourth-order valence-corrected chi connectivity index (χ4v) is 18.6. The summed E-state index contributed by atoms with van der Waals surface area (Å²) < 4.78 is 9.30. The van der Waals surface area contributed by atoms with Crippen molar-refractivity contribution in [3.8, 4) is 124 Å². The zero-order valence-corrected chi connectivity index (χ0v) is 68.4. The number of rotatable bonds is 12. The third kappa shape index (κ3) is 12.9. The van der Waals surface area contributed by atoms with Gasteiger partial charge in [0.2, 0.25) is 0 Å². The molecule has 0 unspecified atom stereocenters. The van der Waals surface area contributed by atoms with Gasteiger partial charge in [0.15, 0.2) is 0 Å². The zero-order chi connectivity index (χ0) is 82.4. The van der Waals surface area contributed by atoms with Gasteiger partial charge in [0, 0.05) is 79.0 Å². The van der Waals surface area contributed by atoms with Gasteiger partial charge in [-0.25, -0.2) is 0 Å². The normalized spacial score (nSPS) is 11.5. The largest absolute Gasteiger partial charge is 0.309 e. The minimum absolute atomic E-state index is 0.568. The summed E-state index contributed by atoms with van der Waals surface area (Å²) in [6.45, 7) is 12.8. The second-order valence-electron chi connectivity index (χ2n) is 32.5. The number of hydrogen-bond donors (Lipinski definition) is 0. The highest BCUT2D eigenvalue weighted by atomic mass is 15.0. The summed E-state index contributed by atoms with van der Waals surface area (Å²) in [6.07, 6.45) is 7.39. The van der Waals surface area contributed by atoms with E-state index < -0.39 is 0 Å². The van der Waals surface area contributed by atoms with E-state index in [0.717, 1.165) is 171 Å². The highest BCUT2D eigenvalue weighted by Gasteiger charge is 2.27. The Bertz CT molecular complexity index is 7910. The smallest absolute Gasteiger partial charge is 0.101 e. The molecule has 0 atom stereocenters. The third-order valence-electron chi connectivity index (χ3n) is 24.4. The molecule has 0 saturated carbocycles. The average Bonchev–Trinajstić information content (AvgIpc) is 1.57. The lowest BCUT2D eigenvalue weighted by Gasteiger charge is -2.19. The quantitative estimate of drug-likeness (QED) is 0.122. The van der Waals surface area contributed by atoms with Crippen molar-refractivity contribution in [2.45, 2.75) is 41.5 Å². The van der Waals surface area contributed by atoms with E-state index in [4.69, 9.17) is 0 Å². The molecule has 0 aliphatic rings. The molecule has 0 aliphatic carbocycles. The SMILES string of the molecule is Cc1cccc(-c2ccc3c(c2)c2ccccc2n3-c2cc(-c3ccncc3)c(-n3c4ccccc4c4cc(-c5cccc(C)c5)ccc43)cc2C#N)c1.Cc1cccc(-c2ccc3c4ccc(-c5cccc(C)c5)cc4n(-c4cc(-c5ccncc5)c(-n5c6cc(-c7cccc(C)c7)ccc6c6ccc(-c7cccc(C)c7)cc65)cc4C#N)c3c2)c1. The van der Waals surface area contributed by atoms with Gasteiger partial charge in [0.1, 0.15) is 12.1 Å². The highest BCUT2D eigenvalue weighted by molar-refractivity contribution is 6.16. The van der Waals surface area contributed by atoms with Crippen molar-refractivity contribution in [2.75, 3.05) is 0 Å². The first-order valence-corrected chi connectivity index (χ1v) is 41.5. The van der Waals surface area contributed by atoms with Crippen molar-refractivity contribution in [1.82, 2.24) is 28.2 Å². The lowest BCUT2D eigenvalue weighted by atomic mass is 9.99. The molecule has 0 fully saturated rings. The Balaban J connectivity index is 0.000000154. The van der Waals surface area contributed by atoms with Gasteiger partial charge in [0.05, 0.1) is 78.0 Å². The standard InChI is InChI=1S/C64H46N4.C50H34N4/c1-40-9-5-13-45(29-40)49-17-21-54-55-22-18-50(46-14-6-10-41(2)30-46)34-61(55)67(60(54)33-49)59-38-58(44-25-27-66-28-26-44)64(37-53(59)39-65)68-62-35-51(47-15-7-11-42(3)31-47)19-23-56(62)57-24-20-52(36-63(57)68)48-16-8-12-43(4)32-48;1-32-9-7-11-35(25-32)37-17-19-47-43(27-37)40-13-3-5-15-45(40)53(47)49-30-42(34-21-23-52-24-22-34)50(29-39(49)31-51)54-46-16-6-4-14-41(46)44-28-38(18-20-48(44)54)36-12-8-10-33(2)26-36/h5-38H,1-4H3;3-30H,1-2H3. The van der Waals surface area contributed by atoms with Crippen LogP contribution in [-0.2, 0) is 0 Å². The summed E-state index contributed by atoms with van der Waals surface area (Å²) >= 11 is 0. The average molecular weight is 1560 g/mol. The van der Waals surface area contributed by atoms with Crippen LogP contribution in [0.15, 0.2) is 377 Å². The number of nitrogens with zero attached hydrogens (tertiary/aromatic N) is 8. The number of nitriles is 2. The number of pyridine rings is 2. The van der Waals surface area contributed by atoms with E-state index in [1.165, 1.54) is 61.0 Å². The van der Waals surface area contributed by atoms with Crippen molar-refractivity contribution < 1.29 is 0 Å². The van der Waals surface area contributed by atoms with Crippen LogP contribution < -0.4 is 0 Å². The first kappa shape index (κ1) is 73.6. The van der Waals surface area contributed by atoms with Crippen LogP contribution in [0.25, 0.3) is 199 Å². The number of aryl methyl sites for hydroxylation is 6. The fourth-order valence-electron chi connectivity index (χ4n) is 18.6. The van der Waals surface area contributed by atoms with Crippen LogP contribution in [0.4, 0.5) is 0 Å². The summed E-state index contributed by atoms with van der Waals surface area (Å²) in [5.41, 5.74) is 38.3. The number of para-hydroxylation sites is 2. The molecule has 576 valence electrons. The Morgan fingerprint density at radius 1 is 0.189 bits per heavy atom. The lowest BCUT2D eigenvalue weighted by Crippen LogP contribution is -2.04. The van der Waals surface area contributed by atoms with Crippen molar-refractivity contribution in [3.05, 3.63) is 421 Å². The molecule has 122 heavy (non-hydrogen) atoms. The van der Waals surface area contributed by atoms with E-state index in [0.29, 0.717) is 11.1 Å². The van der Waals surface area contributed by atoms with Crippen LogP contribution in [0, 0.1) is 64.2 Å². The lowest BCUT2D eigenvalue weighted by molar-refractivity contribution is 1.13. The van der Waals surface area contributed by atoms with E-state index in [1.54, 1.807) is 0 Å². The molecule has 0 radical (unpaired) electrons. The first-order valence-electron chi connectivity index (χ1n) is 41.5. The van der Waals surface area contributed by atoms with Gasteiger partial charge in [-0.3, -0.25) is 9.97 Å². The molecule has 8 heteroatoms. The molecular weight excluding hydrogens is 1480 g/mol. The van der Waals surface area contributed by atoms with Gasteiger partial charge in [0.25, 0.3) is 0 Å². The molecular formula is C114H80N8. The van der Waals surface area contributed by atoms with Crippen molar-refractivity contribution >= 4 is 87.2 Å². The number of hydrogen-bond acceptors (Lipinski definition) is 4. The predicted octanol–water partition coefficient (Wildman–Crippen LogP) is 29.5. The maximum atomic E-state index is 11.6. The Morgan fingerprint density at radius 3 is 0.738 bits per heavy atom. The van der Waals surface area contributed by atoms with Crippen molar-refractivity contribution in [1.29, 1.82) is 10.5 Å². The Labute approximate surface area is 707 Å². The van der Waals surface area contributed by atoms with E-state index in [2.05, 4.69) is 434 Å². The van der Waals surface area contributed by atoms with E-state index >= 15 is 0 Å². The molecule has 22 rings (SSSR count). The third-order valence-corrected chi connectivity index (χ3v) is 24.4. The molecule has 8 nitrogen and oxygen atoms in total. The maximum Gasteiger partial charge on any atom is 0.101 e. The molecule has 0 aliphatic heterocycles. The molecule has 0 amide bonds. The minimum atomic E-state index is 0.568. The monoisotopic (exact) mass is 1560 g/mol. The molecule has 0 saturated heterocycles. The first-order chi connectivity index (χ1) is 59.8. The van der Waals surface area contributed by atoms with Gasteiger partial charge in [-0.05, 0) is 229 Å². The molecule has 0 bridgehead atoms. The number of aromatic nitrogens is 6. The molecule has 6 aromatic heterocycles. The summed E-state index contributed by atoms with van der Waals surface area (Å²) in [4.78, 5) is 8.85. The zero-order valence-electron chi connectivity index (χ0n) is 68.4. The van der Waals surface area contributed by atoms with E-state index in [9.17, 15) is 10.5 Å². The van der Waals surface area contributed by atoms with Gasteiger partial charge in [-0.2, -0.15) is 10.5 Å². The van der Waals surface area contributed by atoms with Crippen LogP contribution in [0.1, 0.15) is 44.5 Å². The van der Waals surface area contributed by atoms with Crippen molar-refractivity contribution in [2.24, 2.45) is 0 Å². The second-order valence-corrected chi connectivity index (χ2v) is 32.5. The number of benzene rings is 16. The van der Waals surface area contributed by atoms with Gasteiger partial charge in [-0.1, -0.05) is 276 Å². The van der Waals surface area contributed by atoms with Gasteiger partial charge >= 0.3 is 0 Å². The minimum Gasteiger partial charge on any atom is -0.309 e. The predicted molar refractivity (Wildman–Crippen MR) is 507 cm³/mol. The van der Waals surface area contributed by atoms with E-state index in [-0.39, 0.29) is 0 Å².